The van der Waals surface area contributed by atoms with Gasteiger partial charge in [-0.05, 0) is 43.4 Å². The van der Waals surface area contributed by atoms with E-state index in [1.807, 2.05) is 21.9 Å². The van der Waals surface area contributed by atoms with Gasteiger partial charge in [0.1, 0.15) is 13.2 Å². The molecule has 34 heavy (non-hydrogen) atoms. The first-order chi connectivity index (χ1) is 16.7. The fourth-order valence-electron chi connectivity index (χ4n) is 5.68. The average Bonchev–Trinajstić information content (AvgIpc) is 3.20. The molecule has 0 N–H and O–H groups in total. The summed E-state index contributed by atoms with van der Waals surface area (Å²) in [4.78, 5) is 34.5. The highest BCUT2D eigenvalue weighted by atomic mass is 16.6. The lowest BCUT2D eigenvalue weighted by Gasteiger charge is -2.36. The summed E-state index contributed by atoms with van der Waals surface area (Å²) in [5.41, 5.74) is 1.13. The van der Waals surface area contributed by atoms with Crippen LogP contribution in [-0.4, -0.2) is 104 Å². The van der Waals surface area contributed by atoms with Gasteiger partial charge in [0, 0.05) is 45.8 Å². The number of hydrogen-bond donors (Lipinski definition) is 0. The van der Waals surface area contributed by atoms with E-state index < -0.39 is 0 Å². The van der Waals surface area contributed by atoms with Gasteiger partial charge in [-0.3, -0.25) is 19.4 Å². The zero-order valence-corrected chi connectivity index (χ0v) is 20.3. The predicted molar refractivity (Wildman–Crippen MR) is 129 cm³/mol. The number of fused-ring (bicyclic) bond motifs is 1. The molecule has 186 valence electrons. The normalized spacial score (nSPS) is 24.2. The van der Waals surface area contributed by atoms with E-state index in [2.05, 4.69) is 15.9 Å². The van der Waals surface area contributed by atoms with Gasteiger partial charge in [-0.15, -0.1) is 0 Å². The molecule has 0 saturated carbocycles. The van der Waals surface area contributed by atoms with E-state index in [4.69, 9.17) is 9.47 Å². The highest BCUT2D eigenvalue weighted by molar-refractivity contribution is 5.79. The lowest BCUT2D eigenvalue weighted by Crippen LogP contribution is -2.52. The van der Waals surface area contributed by atoms with E-state index in [0.29, 0.717) is 26.3 Å². The highest BCUT2D eigenvalue weighted by Gasteiger charge is 2.32. The third-order valence-electron chi connectivity index (χ3n) is 7.67. The van der Waals surface area contributed by atoms with Crippen molar-refractivity contribution in [3.05, 3.63) is 23.8 Å². The van der Waals surface area contributed by atoms with Crippen LogP contribution >= 0.6 is 0 Å². The van der Waals surface area contributed by atoms with E-state index in [1.165, 1.54) is 12.8 Å². The van der Waals surface area contributed by atoms with Crippen LogP contribution in [0.5, 0.6) is 11.5 Å². The van der Waals surface area contributed by atoms with Crippen molar-refractivity contribution in [1.29, 1.82) is 0 Å². The summed E-state index contributed by atoms with van der Waals surface area (Å²) >= 11 is 0. The van der Waals surface area contributed by atoms with Crippen molar-refractivity contribution in [3.63, 3.8) is 0 Å². The van der Waals surface area contributed by atoms with Crippen LogP contribution < -0.4 is 9.47 Å². The average molecular weight is 471 g/mol. The molecule has 4 aliphatic heterocycles. The third-order valence-corrected chi connectivity index (χ3v) is 7.67. The number of carbonyl (C=O) groups excluding carboxylic acids is 2. The molecule has 0 spiro atoms. The molecular weight excluding hydrogens is 432 g/mol. The van der Waals surface area contributed by atoms with Crippen molar-refractivity contribution >= 4 is 11.8 Å². The molecular formula is C26H38N4O4. The number of piperazine rings is 1. The maximum absolute atomic E-state index is 13.2. The summed E-state index contributed by atoms with van der Waals surface area (Å²) in [5.74, 6) is 2.05. The van der Waals surface area contributed by atoms with E-state index in [9.17, 15) is 9.59 Å². The Morgan fingerprint density at radius 3 is 2.09 bits per heavy atom. The minimum atomic E-state index is 0.107. The lowest BCUT2D eigenvalue weighted by atomic mass is 10.0. The van der Waals surface area contributed by atoms with Crippen LogP contribution in [0.25, 0.3) is 0 Å². The first-order valence-corrected chi connectivity index (χ1v) is 13.1. The largest absolute Gasteiger partial charge is 0.486 e. The first-order valence-electron chi connectivity index (χ1n) is 13.1. The van der Waals surface area contributed by atoms with E-state index >= 15 is 0 Å². The number of ether oxygens (including phenoxy) is 2. The molecule has 1 unspecified atom stereocenters. The minimum Gasteiger partial charge on any atom is -0.486 e. The van der Waals surface area contributed by atoms with Crippen LogP contribution in [0, 0.1) is 0 Å². The summed E-state index contributed by atoms with van der Waals surface area (Å²) in [6.07, 6.45) is 6.75. The summed E-state index contributed by atoms with van der Waals surface area (Å²) in [6.45, 7) is 8.11. The molecule has 0 bridgehead atoms. The van der Waals surface area contributed by atoms with E-state index in [1.54, 1.807) is 0 Å². The van der Waals surface area contributed by atoms with Gasteiger partial charge in [0.2, 0.25) is 11.8 Å². The van der Waals surface area contributed by atoms with Gasteiger partial charge < -0.3 is 19.3 Å². The molecule has 4 heterocycles. The fraction of sp³-hybridized carbons (Fsp3) is 0.692. The zero-order valence-electron chi connectivity index (χ0n) is 20.3. The Labute approximate surface area is 202 Å². The lowest BCUT2D eigenvalue weighted by molar-refractivity contribution is -0.135. The molecule has 4 aliphatic rings. The van der Waals surface area contributed by atoms with Crippen LogP contribution in [0.15, 0.2) is 18.2 Å². The SMILES string of the molecule is O=C(CN1CCN(CC(=O)N2CCCC2c2ccc3c(c2)OCCO3)CC1)N1CCCCCC1. The molecule has 1 atom stereocenters. The molecule has 1 aromatic carbocycles. The van der Waals surface area contributed by atoms with Crippen LogP contribution in [0.1, 0.15) is 50.1 Å². The predicted octanol–water partition coefficient (Wildman–Crippen LogP) is 2.14. The molecule has 5 rings (SSSR count). The third kappa shape index (κ3) is 5.49. The summed E-state index contributed by atoms with van der Waals surface area (Å²) in [7, 11) is 0. The summed E-state index contributed by atoms with van der Waals surface area (Å²) < 4.78 is 11.4. The Balaban J connectivity index is 1.11. The first kappa shape index (κ1) is 23.4. The Bertz CT molecular complexity index is 862. The topological polar surface area (TPSA) is 65.6 Å². The second kappa shape index (κ2) is 11.0. The Morgan fingerprint density at radius 1 is 0.735 bits per heavy atom. The van der Waals surface area contributed by atoms with Gasteiger partial charge in [0.15, 0.2) is 11.5 Å². The maximum atomic E-state index is 13.2. The van der Waals surface area contributed by atoms with Gasteiger partial charge in [0.05, 0.1) is 19.1 Å². The molecule has 3 fully saturated rings. The highest BCUT2D eigenvalue weighted by Crippen LogP contribution is 2.38. The van der Waals surface area contributed by atoms with Gasteiger partial charge in [-0.1, -0.05) is 18.9 Å². The fourth-order valence-corrected chi connectivity index (χ4v) is 5.68. The maximum Gasteiger partial charge on any atom is 0.237 e. The minimum absolute atomic E-state index is 0.107. The zero-order chi connectivity index (χ0) is 23.3. The molecule has 8 nitrogen and oxygen atoms in total. The van der Waals surface area contributed by atoms with E-state index in [0.717, 1.165) is 88.6 Å². The molecule has 0 aliphatic carbocycles. The van der Waals surface area contributed by atoms with Crippen molar-refractivity contribution in [2.45, 2.75) is 44.6 Å². The number of likely N-dealkylation sites (tertiary alicyclic amines) is 2. The van der Waals surface area contributed by atoms with Gasteiger partial charge in [-0.25, -0.2) is 0 Å². The summed E-state index contributed by atoms with van der Waals surface area (Å²) in [6, 6.07) is 6.20. The second-order valence-corrected chi connectivity index (χ2v) is 10.00. The Hall–Kier alpha value is -2.32. The summed E-state index contributed by atoms with van der Waals surface area (Å²) in [5, 5.41) is 0. The number of hydrogen-bond acceptors (Lipinski definition) is 6. The molecule has 2 amide bonds. The van der Waals surface area contributed by atoms with Gasteiger partial charge in [-0.2, -0.15) is 0 Å². The smallest absolute Gasteiger partial charge is 0.237 e. The van der Waals surface area contributed by atoms with E-state index in [-0.39, 0.29) is 17.9 Å². The molecule has 3 saturated heterocycles. The second-order valence-electron chi connectivity index (χ2n) is 10.00. The van der Waals surface area contributed by atoms with Crippen LogP contribution in [0.2, 0.25) is 0 Å². The molecule has 1 aromatic rings. The van der Waals surface area contributed by atoms with Crippen molar-refractivity contribution in [2.75, 3.05) is 72.1 Å². The molecule has 8 heteroatoms. The number of benzene rings is 1. The van der Waals surface area contributed by atoms with Crippen molar-refractivity contribution in [3.8, 4) is 11.5 Å². The van der Waals surface area contributed by atoms with Gasteiger partial charge >= 0.3 is 0 Å². The number of carbonyl (C=O) groups is 2. The van der Waals surface area contributed by atoms with Crippen LogP contribution in [0.3, 0.4) is 0 Å². The van der Waals surface area contributed by atoms with Crippen LogP contribution in [-0.2, 0) is 9.59 Å². The molecule has 0 aromatic heterocycles. The van der Waals surface area contributed by atoms with Crippen molar-refractivity contribution < 1.29 is 19.1 Å². The standard InChI is InChI=1S/C26H38N4O4/c31-25(29-9-3-1-2-4-10-29)19-27-12-14-28(15-13-27)20-26(32)30-11-5-6-22(30)21-7-8-23-24(18-21)34-17-16-33-23/h7-8,18,22H,1-6,9-17,19-20H2. The Kier molecular flexibility index (Phi) is 7.54. The van der Waals surface area contributed by atoms with Gasteiger partial charge in [0.25, 0.3) is 0 Å². The quantitative estimate of drug-likeness (QED) is 0.657. The van der Waals surface area contributed by atoms with Crippen LogP contribution in [0.4, 0.5) is 0 Å². The Morgan fingerprint density at radius 2 is 1.38 bits per heavy atom. The van der Waals surface area contributed by atoms with Crippen molar-refractivity contribution in [1.82, 2.24) is 19.6 Å². The number of rotatable bonds is 5. The number of nitrogens with zero attached hydrogens (tertiary/aromatic N) is 4. The van der Waals surface area contributed by atoms with Crippen molar-refractivity contribution in [2.24, 2.45) is 0 Å². The molecule has 0 radical (unpaired) electrons. The monoisotopic (exact) mass is 470 g/mol. The number of amides is 2.